The molecule has 120 valence electrons. The molecule has 0 aliphatic heterocycles. The molecule has 2 aromatic rings. The Labute approximate surface area is 134 Å². The molecule has 22 heavy (non-hydrogen) atoms. The fourth-order valence-electron chi connectivity index (χ4n) is 2.77. The number of amides is 1. The maximum atomic E-state index is 12.3. The quantitative estimate of drug-likeness (QED) is 0.884. The molecule has 6 nitrogen and oxygen atoms in total. The Balaban J connectivity index is 2.08. The number of aromatic nitrogens is 3. The smallest absolute Gasteiger partial charge is 0.225 e. The van der Waals surface area contributed by atoms with Gasteiger partial charge in [-0.3, -0.25) is 9.48 Å². The monoisotopic (exact) mass is 321 g/mol. The molecule has 3 N–H and O–H groups in total. The van der Waals surface area contributed by atoms with Gasteiger partial charge in [-0.2, -0.15) is 5.10 Å². The molecule has 0 spiro atoms. The lowest BCUT2D eigenvalue weighted by atomic mass is 10.1. The summed E-state index contributed by atoms with van der Waals surface area (Å²) >= 11 is 1.37. The lowest BCUT2D eigenvalue weighted by molar-refractivity contribution is -0.121. The lowest BCUT2D eigenvalue weighted by Crippen LogP contribution is -2.28. The van der Waals surface area contributed by atoms with Gasteiger partial charge in [0.1, 0.15) is 0 Å². The Morgan fingerprint density at radius 2 is 2.05 bits per heavy atom. The topological polar surface area (TPSA) is 85.8 Å². The predicted octanol–water partition coefficient (Wildman–Crippen LogP) is 2.29. The predicted molar refractivity (Wildman–Crippen MR) is 88.9 cm³/mol. The summed E-state index contributed by atoms with van der Waals surface area (Å²) in [5.41, 5.74) is 9.66. The first-order valence-electron chi connectivity index (χ1n) is 7.38. The molecule has 0 saturated heterocycles. The second-order valence-corrected chi connectivity index (χ2v) is 6.54. The minimum Gasteiger partial charge on any atom is -0.375 e. The van der Waals surface area contributed by atoms with Crippen LogP contribution in [0.2, 0.25) is 0 Å². The molecule has 7 heteroatoms. The Morgan fingerprint density at radius 1 is 1.36 bits per heavy atom. The Morgan fingerprint density at radius 3 is 2.55 bits per heavy atom. The van der Waals surface area contributed by atoms with Gasteiger partial charge in [0.2, 0.25) is 5.91 Å². The van der Waals surface area contributed by atoms with E-state index >= 15 is 0 Å². The third-order valence-electron chi connectivity index (χ3n) is 3.78. The van der Waals surface area contributed by atoms with Crippen LogP contribution in [-0.2, 0) is 17.8 Å². The molecule has 0 radical (unpaired) electrons. The third kappa shape index (κ3) is 3.30. The van der Waals surface area contributed by atoms with Gasteiger partial charge in [-0.15, -0.1) is 11.3 Å². The number of carbonyl (C=O) groups excluding carboxylic acids is 1. The number of hydrogen-bond donors (Lipinski definition) is 2. The number of carbonyl (C=O) groups is 1. The van der Waals surface area contributed by atoms with E-state index in [1.807, 2.05) is 32.4 Å². The summed E-state index contributed by atoms with van der Waals surface area (Å²) in [7, 11) is 0. The standard InChI is InChI=1S/C15H23N5OS/c1-6-20-11(5)14(10(4)19-20)9(3)17-13(21)7-12-8(2)18-15(16)22-12/h9H,6-7H2,1-5H3,(H2,16,18)(H,17,21). The number of rotatable bonds is 5. The van der Waals surface area contributed by atoms with Crippen molar-refractivity contribution >= 4 is 22.4 Å². The van der Waals surface area contributed by atoms with Crippen molar-refractivity contribution in [1.29, 1.82) is 0 Å². The zero-order valence-electron chi connectivity index (χ0n) is 13.7. The fraction of sp³-hybridized carbons (Fsp3) is 0.533. The molecule has 1 amide bonds. The largest absolute Gasteiger partial charge is 0.375 e. The average Bonchev–Trinajstić information content (AvgIpc) is 2.88. The number of nitrogen functional groups attached to an aromatic ring is 1. The van der Waals surface area contributed by atoms with Gasteiger partial charge in [0.15, 0.2) is 5.13 Å². The number of hydrogen-bond acceptors (Lipinski definition) is 5. The fourth-order valence-corrected chi connectivity index (χ4v) is 3.60. The Hall–Kier alpha value is -1.89. The molecular formula is C15H23N5OS. The highest BCUT2D eigenvalue weighted by Crippen LogP contribution is 2.23. The van der Waals surface area contributed by atoms with E-state index in [1.165, 1.54) is 11.3 Å². The van der Waals surface area contributed by atoms with Crippen molar-refractivity contribution in [3.63, 3.8) is 0 Å². The Kier molecular flexibility index (Phi) is 4.85. The minimum absolute atomic E-state index is 0.0256. The highest BCUT2D eigenvalue weighted by atomic mass is 32.1. The summed E-state index contributed by atoms with van der Waals surface area (Å²) in [6, 6.07) is -0.0709. The molecule has 0 aliphatic carbocycles. The van der Waals surface area contributed by atoms with Crippen LogP contribution in [0.4, 0.5) is 5.13 Å². The van der Waals surface area contributed by atoms with Gasteiger partial charge in [-0.1, -0.05) is 0 Å². The zero-order valence-corrected chi connectivity index (χ0v) is 14.5. The summed E-state index contributed by atoms with van der Waals surface area (Å²) in [6.07, 6.45) is 0.311. The van der Waals surface area contributed by atoms with Gasteiger partial charge in [0.05, 0.1) is 23.9 Å². The number of anilines is 1. The van der Waals surface area contributed by atoms with E-state index in [2.05, 4.69) is 22.3 Å². The second-order valence-electron chi connectivity index (χ2n) is 5.43. The van der Waals surface area contributed by atoms with Crippen LogP contribution in [0.5, 0.6) is 0 Å². The number of nitrogens with one attached hydrogen (secondary N) is 1. The van der Waals surface area contributed by atoms with Crippen molar-refractivity contribution in [2.75, 3.05) is 5.73 Å². The van der Waals surface area contributed by atoms with E-state index in [-0.39, 0.29) is 11.9 Å². The van der Waals surface area contributed by atoms with Crippen LogP contribution in [0, 0.1) is 20.8 Å². The van der Waals surface area contributed by atoms with Crippen LogP contribution in [0.15, 0.2) is 0 Å². The first-order chi connectivity index (χ1) is 10.3. The van der Waals surface area contributed by atoms with E-state index in [4.69, 9.17) is 5.73 Å². The Bertz CT molecular complexity index is 688. The summed E-state index contributed by atoms with van der Waals surface area (Å²) in [4.78, 5) is 17.3. The number of thiazole rings is 1. The van der Waals surface area contributed by atoms with E-state index in [1.54, 1.807) is 0 Å². The molecule has 0 fully saturated rings. The van der Waals surface area contributed by atoms with Crippen molar-refractivity contribution in [3.05, 3.63) is 27.5 Å². The molecule has 1 atom stereocenters. The highest BCUT2D eigenvalue weighted by Gasteiger charge is 2.19. The van der Waals surface area contributed by atoms with Crippen molar-refractivity contribution in [2.45, 2.75) is 53.6 Å². The van der Waals surface area contributed by atoms with E-state index in [0.29, 0.717) is 11.6 Å². The van der Waals surface area contributed by atoms with Crippen molar-refractivity contribution in [2.24, 2.45) is 0 Å². The maximum Gasteiger partial charge on any atom is 0.225 e. The van der Waals surface area contributed by atoms with Crippen molar-refractivity contribution in [1.82, 2.24) is 20.1 Å². The molecular weight excluding hydrogens is 298 g/mol. The highest BCUT2D eigenvalue weighted by molar-refractivity contribution is 7.15. The zero-order chi connectivity index (χ0) is 16.4. The van der Waals surface area contributed by atoms with Gasteiger partial charge in [-0.05, 0) is 34.6 Å². The molecule has 1 unspecified atom stereocenters. The summed E-state index contributed by atoms with van der Waals surface area (Å²) in [5.74, 6) is -0.0256. The van der Waals surface area contributed by atoms with Crippen LogP contribution >= 0.6 is 11.3 Å². The number of nitrogens with two attached hydrogens (primary N) is 1. The summed E-state index contributed by atoms with van der Waals surface area (Å²) in [5, 5.41) is 8.05. The van der Waals surface area contributed by atoms with Gasteiger partial charge < -0.3 is 11.1 Å². The lowest BCUT2D eigenvalue weighted by Gasteiger charge is -2.15. The van der Waals surface area contributed by atoms with Gasteiger partial charge in [0.25, 0.3) is 0 Å². The summed E-state index contributed by atoms with van der Waals surface area (Å²) in [6.45, 7) is 10.8. The number of nitrogens with zero attached hydrogens (tertiary/aromatic N) is 3. The second kappa shape index (κ2) is 6.48. The van der Waals surface area contributed by atoms with Gasteiger partial charge in [0, 0.05) is 22.7 Å². The van der Waals surface area contributed by atoms with E-state index in [0.717, 1.165) is 34.1 Å². The molecule has 0 aliphatic rings. The maximum absolute atomic E-state index is 12.3. The normalized spacial score (nSPS) is 12.4. The molecule has 2 heterocycles. The summed E-state index contributed by atoms with van der Waals surface area (Å²) < 4.78 is 1.96. The molecule has 0 bridgehead atoms. The van der Waals surface area contributed by atoms with E-state index in [9.17, 15) is 4.79 Å². The van der Waals surface area contributed by atoms with Crippen LogP contribution < -0.4 is 11.1 Å². The van der Waals surface area contributed by atoms with E-state index < -0.39 is 0 Å². The molecule has 2 rings (SSSR count). The first kappa shape index (κ1) is 16.5. The SMILES string of the molecule is CCn1nc(C)c(C(C)NC(=O)Cc2sc(N)nc2C)c1C. The molecule has 0 saturated carbocycles. The van der Waals surface area contributed by atoms with Crippen LogP contribution in [0.3, 0.4) is 0 Å². The first-order valence-corrected chi connectivity index (χ1v) is 8.20. The van der Waals surface area contributed by atoms with Crippen LogP contribution in [0.1, 0.15) is 47.4 Å². The molecule has 0 aromatic carbocycles. The third-order valence-corrected chi connectivity index (χ3v) is 4.76. The van der Waals surface area contributed by atoms with Crippen LogP contribution in [-0.4, -0.2) is 20.7 Å². The minimum atomic E-state index is -0.0709. The van der Waals surface area contributed by atoms with Crippen molar-refractivity contribution in [3.8, 4) is 0 Å². The molecule has 2 aromatic heterocycles. The number of aryl methyl sites for hydroxylation is 3. The van der Waals surface area contributed by atoms with Gasteiger partial charge in [-0.25, -0.2) is 4.98 Å². The van der Waals surface area contributed by atoms with Gasteiger partial charge >= 0.3 is 0 Å². The van der Waals surface area contributed by atoms with Crippen LogP contribution in [0.25, 0.3) is 0 Å². The average molecular weight is 321 g/mol. The van der Waals surface area contributed by atoms with Crippen molar-refractivity contribution < 1.29 is 4.79 Å².